The van der Waals surface area contributed by atoms with E-state index in [0.29, 0.717) is 0 Å². The minimum atomic E-state index is 0.897. The number of allylic oxidation sites excluding steroid dienone is 1. The summed E-state index contributed by atoms with van der Waals surface area (Å²) >= 11 is 0. The highest BCUT2D eigenvalue weighted by atomic mass is 16.5. The van der Waals surface area contributed by atoms with Crippen LogP contribution in [0.4, 0.5) is 0 Å². The van der Waals surface area contributed by atoms with Crippen molar-refractivity contribution < 1.29 is 9.47 Å². The average Bonchev–Trinajstić information content (AvgIpc) is 2.32. The number of ether oxygens (including phenoxy) is 2. The predicted molar refractivity (Wildman–Crippen MR) is 58.8 cm³/mol. The van der Waals surface area contributed by atoms with Crippen LogP contribution in [0.2, 0.25) is 0 Å². The Morgan fingerprint density at radius 3 is 2.53 bits per heavy atom. The summed E-state index contributed by atoms with van der Waals surface area (Å²) < 4.78 is 10.3. The Kier molecular flexibility index (Phi) is 3.44. The van der Waals surface area contributed by atoms with Gasteiger partial charge in [-0.2, -0.15) is 0 Å². The highest BCUT2D eigenvalue weighted by Crippen LogP contribution is 2.14. The second-order valence-corrected chi connectivity index (χ2v) is 3.45. The first-order valence-electron chi connectivity index (χ1n) is 5.15. The molecule has 1 aromatic rings. The zero-order chi connectivity index (χ0) is 10.3. The van der Waals surface area contributed by atoms with Gasteiger partial charge in [0, 0.05) is 6.42 Å². The number of benzene rings is 1. The molecule has 0 aliphatic carbocycles. The molecule has 0 atom stereocenters. The fourth-order valence-electron chi connectivity index (χ4n) is 1.52. The molecule has 1 aliphatic rings. The van der Waals surface area contributed by atoms with Gasteiger partial charge < -0.3 is 9.47 Å². The molecule has 2 nitrogen and oxygen atoms in total. The van der Waals surface area contributed by atoms with Crippen LogP contribution in [0.25, 0.3) is 0 Å². The molecule has 0 saturated heterocycles. The lowest BCUT2D eigenvalue weighted by Gasteiger charge is -2.09. The third-order valence-corrected chi connectivity index (χ3v) is 2.28. The molecule has 0 spiro atoms. The van der Waals surface area contributed by atoms with E-state index in [9.17, 15) is 0 Å². The molecule has 2 rings (SSSR count). The minimum absolute atomic E-state index is 0.897. The van der Waals surface area contributed by atoms with Crippen LogP contribution in [0.1, 0.15) is 18.4 Å². The molecule has 0 unspecified atom stereocenters. The van der Waals surface area contributed by atoms with Gasteiger partial charge in [-0.05, 0) is 18.4 Å². The fraction of sp³-hybridized carbons (Fsp3) is 0.231. The third kappa shape index (κ3) is 3.17. The fourth-order valence-corrected chi connectivity index (χ4v) is 1.52. The molecule has 0 amide bonds. The van der Waals surface area contributed by atoms with E-state index < -0.39 is 0 Å². The van der Waals surface area contributed by atoms with Crippen molar-refractivity contribution in [3.63, 3.8) is 0 Å². The van der Waals surface area contributed by atoms with E-state index in [1.54, 1.807) is 12.5 Å². The lowest BCUT2D eigenvalue weighted by Crippen LogP contribution is -1.93. The van der Waals surface area contributed by atoms with Crippen molar-refractivity contribution in [3.05, 3.63) is 60.4 Å². The molecule has 2 heteroatoms. The maximum absolute atomic E-state index is 5.27. The first-order chi connectivity index (χ1) is 7.45. The van der Waals surface area contributed by atoms with Gasteiger partial charge in [-0.25, -0.2) is 0 Å². The summed E-state index contributed by atoms with van der Waals surface area (Å²) in [6.45, 7) is 0. The van der Waals surface area contributed by atoms with E-state index in [4.69, 9.17) is 9.47 Å². The molecule has 0 N–H and O–H groups in total. The Morgan fingerprint density at radius 2 is 1.80 bits per heavy atom. The average molecular weight is 202 g/mol. The first-order valence-corrected chi connectivity index (χ1v) is 5.15. The van der Waals surface area contributed by atoms with Crippen LogP contribution in [-0.4, -0.2) is 0 Å². The van der Waals surface area contributed by atoms with Crippen LogP contribution in [0, 0.1) is 0 Å². The molecule has 78 valence electrons. The topological polar surface area (TPSA) is 18.5 Å². The standard InChI is InChI=1S/C13H14O2/c1-2-5-12(6-3-1)7-4-8-13-11-14-9-10-15-13/h1-3,5-6,9-11H,4,7-8H2. The normalized spacial score (nSPS) is 14.0. The van der Waals surface area contributed by atoms with Crippen LogP contribution in [0.15, 0.2) is 54.9 Å². The predicted octanol–water partition coefficient (Wildman–Crippen LogP) is 3.37. The Labute approximate surface area is 89.8 Å². The summed E-state index contributed by atoms with van der Waals surface area (Å²) in [5.74, 6) is 0.897. The van der Waals surface area contributed by atoms with Crippen LogP contribution in [0.5, 0.6) is 0 Å². The largest absolute Gasteiger partial charge is 0.466 e. The Balaban J connectivity index is 1.73. The summed E-state index contributed by atoms with van der Waals surface area (Å²) in [6.07, 6.45) is 7.82. The van der Waals surface area contributed by atoms with Gasteiger partial charge >= 0.3 is 0 Å². The van der Waals surface area contributed by atoms with Gasteiger partial charge in [0.15, 0.2) is 0 Å². The van der Waals surface area contributed by atoms with E-state index in [-0.39, 0.29) is 0 Å². The Bertz CT molecular complexity index is 352. The van der Waals surface area contributed by atoms with Gasteiger partial charge in [-0.15, -0.1) is 0 Å². The van der Waals surface area contributed by atoms with Crippen molar-refractivity contribution in [1.29, 1.82) is 0 Å². The molecule has 0 saturated carbocycles. The van der Waals surface area contributed by atoms with Gasteiger partial charge in [-0.1, -0.05) is 30.3 Å². The number of aryl methyl sites for hydroxylation is 1. The van der Waals surface area contributed by atoms with E-state index >= 15 is 0 Å². The highest BCUT2D eigenvalue weighted by molar-refractivity contribution is 5.14. The molecule has 0 fully saturated rings. The van der Waals surface area contributed by atoms with Crippen LogP contribution >= 0.6 is 0 Å². The van der Waals surface area contributed by atoms with Gasteiger partial charge in [-0.3, -0.25) is 0 Å². The molecule has 0 radical (unpaired) electrons. The summed E-state index contributed by atoms with van der Waals surface area (Å²) in [5, 5.41) is 0. The molecular weight excluding hydrogens is 188 g/mol. The lowest BCUT2D eigenvalue weighted by molar-refractivity contribution is 0.245. The monoisotopic (exact) mass is 202 g/mol. The van der Waals surface area contributed by atoms with E-state index in [1.165, 1.54) is 11.8 Å². The van der Waals surface area contributed by atoms with E-state index in [1.807, 2.05) is 6.07 Å². The third-order valence-electron chi connectivity index (χ3n) is 2.28. The van der Waals surface area contributed by atoms with E-state index in [2.05, 4.69) is 24.3 Å². The molecule has 1 heterocycles. The number of hydrogen-bond acceptors (Lipinski definition) is 2. The van der Waals surface area contributed by atoms with Gasteiger partial charge in [0.05, 0.1) is 0 Å². The maximum Gasteiger partial charge on any atom is 0.138 e. The van der Waals surface area contributed by atoms with Crippen molar-refractivity contribution >= 4 is 0 Å². The van der Waals surface area contributed by atoms with Crippen molar-refractivity contribution in [2.24, 2.45) is 0 Å². The van der Waals surface area contributed by atoms with Crippen molar-refractivity contribution in [1.82, 2.24) is 0 Å². The number of rotatable bonds is 4. The second kappa shape index (κ2) is 5.25. The molecule has 15 heavy (non-hydrogen) atoms. The zero-order valence-corrected chi connectivity index (χ0v) is 8.56. The van der Waals surface area contributed by atoms with Gasteiger partial charge in [0.1, 0.15) is 24.5 Å². The molecule has 1 aliphatic heterocycles. The SMILES string of the molecule is C1=COC(CCCc2ccccc2)=CO1. The summed E-state index contributed by atoms with van der Waals surface area (Å²) in [4.78, 5) is 0. The second-order valence-electron chi connectivity index (χ2n) is 3.45. The smallest absolute Gasteiger partial charge is 0.138 e. The van der Waals surface area contributed by atoms with Crippen LogP contribution in [-0.2, 0) is 15.9 Å². The maximum atomic E-state index is 5.27. The first kappa shape index (κ1) is 9.84. The lowest BCUT2D eigenvalue weighted by atomic mass is 10.1. The van der Waals surface area contributed by atoms with Crippen LogP contribution in [0.3, 0.4) is 0 Å². The minimum Gasteiger partial charge on any atom is -0.466 e. The van der Waals surface area contributed by atoms with Gasteiger partial charge in [0.25, 0.3) is 0 Å². The summed E-state index contributed by atoms with van der Waals surface area (Å²) in [5.41, 5.74) is 1.37. The quantitative estimate of drug-likeness (QED) is 0.745. The van der Waals surface area contributed by atoms with Crippen LogP contribution < -0.4 is 0 Å². The van der Waals surface area contributed by atoms with Gasteiger partial charge in [0.2, 0.25) is 0 Å². The summed E-state index contributed by atoms with van der Waals surface area (Å²) in [7, 11) is 0. The summed E-state index contributed by atoms with van der Waals surface area (Å²) in [6, 6.07) is 10.5. The number of hydrogen-bond donors (Lipinski definition) is 0. The molecule has 1 aromatic carbocycles. The zero-order valence-electron chi connectivity index (χ0n) is 8.56. The van der Waals surface area contributed by atoms with Crippen molar-refractivity contribution in [2.75, 3.05) is 0 Å². The van der Waals surface area contributed by atoms with Crippen molar-refractivity contribution in [2.45, 2.75) is 19.3 Å². The molecule has 0 bridgehead atoms. The molecule has 0 aromatic heterocycles. The molecular formula is C13H14O2. The highest BCUT2D eigenvalue weighted by Gasteiger charge is 2.01. The van der Waals surface area contributed by atoms with Crippen molar-refractivity contribution in [3.8, 4) is 0 Å². The van der Waals surface area contributed by atoms with E-state index in [0.717, 1.165) is 25.0 Å². The Morgan fingerprint density at radius 1 is 0.933 bits per heavy atom. The Hall–Kier alpha value is -1.70.